The van der Waals surface area contributed by atoms with Crippen molar-refractivity contribution in [2.75, 3.05) is 19.8 Å². The molecule has 0 unspecified atom stereocenters. The number of rotatable bonds is 4. The average Bonchev–Trinajstić information content (AvgIpc) is 3.43. The van der Waals surface area contributed by atoms with E-state index in [4.69, 9.17) is 9.47 Å². The summed E-state index contributed by atoms with van der Waals surface area (Å²) >= 11 is 1.41. The Bertz CT molecular complexity index is 664. The second kappa shape index (κ2) is 7.89. The van der Waals surface area contributed by atoms with Crippen molar-refractivity contribution in [3.05, 3.63) is 22.4 Å². The molecule has 4 rings (SSSR count). The van der Waals surface area contributed by atoms with E-state index in [2.05, 4.69) is 12.2 Å². The summed E-state index contributed by atoms with van der Waals surface area (Å²) in [4.78, 5) is 28.6. The number of nitrogens with one attached hydrogen (secondary N) is 1. The first-order valence-corrected chi connectivity index (χ1v) is 10.9. The van der Waals surface area contributed by atoms with E-state index in [1.807, 2.05) is 17.5 Å². The van der Waals surface area contributed by atoms with Crippen LogP contribution >= 0.6 is 11.3 Å². The van der Waals surface area contributed by atoms with Gasteiger partial charge >= 0.3 is 0 Å². The van der Waals surface area contributed by atoms with Crippen LogP contribution in [-0.2, 0) is 14.3 Å². The van der Waals surface area contributed by atoms with Gasteiger partial charge in [-0.3, -0.25) is 14.5 Å². The van der Waals surface area contributed by atoms with Crippen molar-refractivity contribution >= 4 is 23.2 Å². The fraction of sp³-hybridized carbons (Fsp3) is 0.700. The Balaban J connectivity index is 1.52. The molecule has 1 aliphatic carbocycles. The van der Waals surface area contributed by atoms with E-state index in [0.717, 1.165) is 45.1 Å². The van der Waals surface area contributed by atoms with Crippen LogP contribution in [0.5, 0.6) is 0 Å². The maximum absolute atomic E-state index is 13.3. The van der Waals surface area contributed by atoms with E-state index >= 15 is 0 Å². The topological polar surface area (TPSA) is 67.9 Å². The van der Waals surface area contributed by atoms with E-state index in [1.165, 1.54) is 11.3 Å². The lowest BCUT2D eigenvalue weighted by Gasteiger charge is -2.42. The second-order valence-electron chi connectivity index (χ2n) is 7.99. The van der Waals surface area contributed by atoms with Crippen molar-refractivity contribution in [3.63, 3.8) is 0 Å². The van der Waals surface area contributed by atoms with Crippen LogP contribution in [0.1, 0.15) is 55.1 Å². The Hall–Kier alpha value is -1.44. The van der Waals surface area contributed by atoms with Crippen molar-refractivity contribution < 1.29 is 19.1 Å². The minimum Gasteiger partial charge on any atom is -0.376 e. The highest BCUT2D eigenvalue weighted by atomic mass is 32.1. The Morgan fingerprint density at radius 1 is 1.33 bits per heavy atom. The van der Waals surface area contributed by atoms with Gasteiger partial charge in [0.25, 0.3) is 5.91 Å². The molecule has 2 saturated heterocycles. The first-order chi connectivity index (χ1) is 13.1. The fourth-order valence-corrected chi connectivity index (χ4v) is 5.10. The third kappa shape index (κ3) is 3.77. The van der Waals surface area contributed by atoms with Crippen LogP contribution in [0.15, 0.2) is 17.5 Å². The third-order valence-corrected chi connectivity index (χ3v) is 6.96. The van der Waals surface area contributed by atoms with Gasteiger partial charge in [0.05, 0.1) is 17.6 Å². The maximum Gasteiger partial charge on any atom is 0.266 e. The molecule has 1 aromatic heterocycles. The zero-order valence-electron chi connectivity index (χ0n) is 15.8. The number of ether oxygens (including phenoxy) is 2. The summed E-state index contributed by atoms with van der Waals surface area (Å²) in [5.74, 6) is 0.408. The molecule has 3 aliphatic rings. The summed E-state index contributed by atoms with van der Waals surface area (Å²) in [7, 11) is 0. The molecule has 0 bridgehead atoms. The molecule has 2 aliphatic heterocycles. The summed E-state index contributed by atoms with van der Waals surface area (Å²) in [6.07, 6.45) is 5.71. The van der Waals surface area contributed by atoms with Gasteiger partial charge in [-0.05, 0) is 55.9 Å². The number of amides is 2. The molecule has 148 valence electrons. The number of thiophene rings is 1. The molecule has 6 nitrogen and oxygen atoms in total. The second-order valence-corrected chi connectivity index (χ2v) is 8.94. The average molecular weight is 393 g/mol. The fourth-order valence-electron chi connectivity index (χ4n) is 4.44. The normalized spacial score (nSPS) is 33.5. The highest BCUT2D eigenvalue weighted by Gasteiger charge is 2.53. The molecule has 1 spiro atoms. The molecule has 3 fully saturated rings. The first kappa shape index (κ1) is 18.9. The van der Waals surface area contributed by atoms with E-state index in [1.54, 1.807) is 4.90 Å². The van der Waals surface area contributed by atoms with Gasteiger partial charge in [0.15, 0.2) is 0 Å². The Labute approximate surface area is 164 Å². The molecule has 0 radical (unpaired) electrons. The summed E-state index contributed by atoms with van der Waals surface area (Å²) in [6.45, 7) is 3.76. The van der Waals surface area contributed by atoms with Crippen LogP contribution in [0.2, 0.25) is 0 Å². The Morgan fingerprint density at radius 2 is 2.15 bits per heavy atom. The number of hydrogen-bond acceptors (Lipinski definition) is 5. The van der Waals surface area contributed by atoms with Crippen molar-refractivity contribution in [2.45, 2.75) is 63.3 Å². The van der Waals surface area contributed by atoms with Crippen LogP contribution in [0, 0.1) is 5.92 Å². The molecule has 0 aromatic carbocycles. The van der Waals surface area contributed by atoms with Gasteiger partial charge in [-0.1, -0.05) is 13.0 Å². The molecule has 1 saturated carbocycles. The van der Waals surface area contributed by atoms with Crippen molar-refractivity contribution in [1.82, 2.24) is 10.2 Å². The minimum absolute atomic E-state index is 0.0854. The van der Waals surface area contributed by atoms with Crippen LogP contribution in [0.4, 0.5) is 0 Å². The number of nitrogens with zero attached hydrogens (tertiary/aromatic N) is 1. The smallest absolute Gasteiger partial charge is 0.266 e. The minimum atomic E-state index is -0.639. The van der Waals surface area contributed by atoms with Gasteiger partial charge < -0.3 is 14.8 Å². The Morgan fingerprint density at radius 3 is 2.81 bits per heavy atom. The summed E-state index contributed by atoms with van der Waals surface area (Å²) < 4.78 is 11.8. The lowest BCUT2D eigenvalue weighted by molar-refractivity contribution is -0.128. The molecule has 7 heteroatoms. The van der Waals surface area contributed by atoms with E-state index < -0.39 is 11.8 Å². The van der Waals surface area contributed by atoms with Gasteiger partial charge in [0.1, 0.15) is 11.8 Å². The van der Waals surface area contributed by atoms with Gasteiger partial charge in [-0.25, -0.2) is 0 Å². The SMILES string of the molecule is CC1CCC2(CC1)OC[C@H](C(=O)NC[C@@H]1CCCO1)N2C(=O)c1cccs1. The highest BCUT2D eigenvalue weighted by molar-refractivity contribution is 7.12. The molecular weight excluding hydrogens is 364 g/mol. The zero-order valence-corrected chi connectivity index (χ0v) is 16.6. The van der Waals surface area contributed by atoms with Crippen molar-refractivity contribution in [3.8, 4) is 0 Å². The molecule has 1 N–H and O–H groups in total. The van der Waals surface area contributed by atoms with E-state index in [0.29, 0.717) is 17.3 Å². The molecule has 27 heavy (non-hydrogen) atoms. The lowest BCUT2D eigenvalue weighted by Crippen LogP contribution is -2.57. The van der Waals surface area contributed by atoms with Crippen molar-refractivity contribution in [2.24, 2.45) is 5.92 Å². The maximum atomic E-state index is 13.3. The van der Waals surface area contributed by atoms with Gasteiger partial charge in [-0.15, -0.1) is 11.3 Å². The molecule has 1 aromatic rings. The standard InChI is InChI=1S/C20H28N2O4S/c1-14-6-8-20(9-7-14)22(19(24)17-5-3-11-27-17)16(13-26-20)18(23)21-12-15-4-2-10-25-15/h3,5,11,14-16H,2,4,6-10,12-13H2,1H3,(H,21,23)/t14?,15-,16+,20?/m0/s1. The van der Waals surface area contributed by atoms with Gasteiger partial charge in [-0.2, -0.15) is 0 Å². The predicted molar refractivity (Wildman–Crippen MR) is 103 cm³/mol. The van der Waals surface area contributed by atoms with Crippen LogP contribution in [0.25, 0.3) is 0 Å². The summed E-state index contributed by atoms with van der Waals surface area (Å²) in [5.41, 5.74) is -0.639. The van der Waals surface area contributed by atoms with Crippen LogP contribution in [0.3, 0.4) is 0 Å². The highest BCUT2D eigenvalue weighted by Crippen LogP contribution is 2.43. The zero-order chi connectivity index (χ0) is 18.9. The number of carbonyl (C=O) groups excluding carboxylic acids is 2. The van der Waals surface area contributed by atoms with Crippen molar-refractivity contribution in [1.29, 1.82) is 0 Å². The number of carbonyl (C=O) groups is 2. The van der Waals surface area contributed by atoms with Gasteiger partial charge in [0.2, 0.25) is 5.91 Å². The lowest BCUT2D eigenvalue weighted by atomic mass is 9.83. The Kier molecular flexibility index (Phi) is 5.53. The number of hydrogen-bond donors (Lipinski definition) is 1. The van der Waals surface area contributed by atoms with E-state index in [-0.39, 0.29) is 24.5 Å². The molecule has 3 heterocycles. The summed E-state index contributed by atoms with van der Waals surface area (Å²) in [6, 6.07) is 3.12. The first-order valence-electron chi connectivity index (χ1n) is 9.99. The third-order valence-electron chi connectivity index (χ3n) is 6.10. The largest absolute Gasteiger partial charge is 0.376 e. The molecular formula is C20H28N2O4S. The monoisotopic (exact) mass is 392 g/mol. The predicted octanol–water partition coefficient (Wildman–Crippen LogP) is 2.79. The van der Waals surface area contributed by atoms with Gasteiger partial charge in [0, 0.05) is 13.2 Å². The van der Waals surface area contributed by atoms with Crippen LogP contribution in [-0.4, -0.2) is 54.3 Å². The summed E-state index contributed by atoms with van der Waals surface area (Å²) in [5, 5.41) is 4.89. The van der Waals surface area contributed by atoms with Crippen LogP contribution < -0.4 is 5.32 Å². The molecule has 2 amide bonds. The quantitative estimate of drug-likeness (QED) is 0.856. The van der Waals surface area contributed by atoms with E-state index in [9.17, 15) is 9.59 Å². The molecule has 2 atom stereocenters.